The predicted octanol–water partition coefficient (Wildman–Crippen LogP) is 2.43. The molecule has 0 aromatic heterocycles. The summed E-state index contributed by atoms with van der Waals surface area (Å²) in [5.74, 6) is 1.04. The SMILES string of the molecule is CCNC(=NCCCOC)NCCc1ccc(OC)c(OC(F)F)c1. The van der Waals surface area contributed by atoms with Crippen LogP contribution in [0.1, 0.15) is 18.9 Å². The van der Waals surface area contributed by atoms with Crippen LogP contribution in [-0.4, -0.2) is 53.0 Å². The molecular formula is C17H27F2N3O3. The van der Waals surface area contributed by atoms with E-state index in [1.165, 1.54) is 7.11 Å². The first-order chi connectivity index (χ1) is 12.1. The minimum atomic E-state index is -2.89. The Morgan fingerprint density at radius 3 is 2.64 bits per heavy atom. The fourth-order valence-electron chi connectivity index (χ4n) is 2.13. The van der Waals surface area contributed by atoms with Gasteiger partial charge in [-0.1, -0.05) is 6.07 Å². The molecule has 0 spiro atoms. The molecule has 1 aromatic rings. The van der Waals surface area contributed by atoms with Crippen LogP contribution >= 0.6 is 0 Å². The van der Waals surface area contributed by atoms with Crippen LogP contribution in [0.3, 0.4) is 0 Å². The van der Waals surface area contributed by atoms with E-state index in [9.17, 15) is 8.78 Å². The normalized spacial score (nSPS) is 11.5. The van der Waals surface area contributed by atoms with Crippen LogP contribution in [0, 0.1) is 0 Å². The number of ether oxygens (including phenoxy) is 3. The molecule has 0 atom stereocenters. The first-order valence-corrected chi connectivity index (χ1v) is 8.23. The number of methoxy groups -OCH3 is 2. The molecule has 0 fully saturated rings. The second kappa shape index (κ2) is 12.3. The van der Waals surface area contributed by atoms with Gasteiger partial charge in [0, 0.05) is 33.4 Å². The standard InChI is InChI=1S/C17H27F2N3O3/c1-4-20-17(21-9-5-11-23-2)22-10-8-13-6-7-14(24-3)15(12-13)25-16(18)19/h6-7,12,16H,4-5,8-11H2,1-3H3,(H2,20,21,22). The smallest absolute Gasteiger partial charge is 0.387 e. The van der Waals surface area contributed by atoms with Crippen molar-refractivity contribution in [3.8, 4) is 11.5 Å². The van der Waals surface area contributed by atoms with Crippen LogP contribution in [0.15, 0.2) is 23.2 Å². The zero-order valence-electron chi connectivity index (χ0n) is 15.0. The second-order valence-corrected chi connectivity index (χ2v) is 5.15. The third-order valence-corrected chi connectivity index (χ3v) is 3.27. The van der Waals surface area contributed by atoms with E-state index >= 15 is 0 Å². The molecule has 25 heavy (non-hydrogen) atoms. The van der Waals surface area contributed by atoms with E-state index in [-0.39, 0.29) is 11.5 Å². The number of alkyl halides is 2. The van der Waals surface area contributed by atoms with E-state index in [0.29, 0.717) is 26.1 Å². The molecule has 6 nitrogen and oxygen atoms in total. The Hall–Kier alpha value is -2.09. The Labute approximate surface area is 147 Å². The van der Waals surface area contributed by atoms with E-state index in [0.717, 1.165) is 24.5 Å². The molecule has 0 radical (unpaired) electrons. The summed E-state index contributed by atoms with van der Waals surface area (Å²) in [6.07, 6.45) is 1.48. The van der Waals surface area contributed by atoms with Gasteiger partial charge >= 0.3 is 6.61 Å². The molecule has 0 amide bonds. The molecule has 1 rings (SSSR count). The maximum atomic E-state index is 12.5. The van der Waals surface area contributed by atoms with Crippen molar-refractivity contribution in [3.63, 3.8) is 0 Å². The minimum absolute atomic E-state index is 0.0372. The van der Waals surface area contributed by atoms with E-state index in [4.69, 9.17) is 9.47 Å². The first-order valence-electron chi connectivity index (χ1n) is 8.23. The van der Waals surface area contributed by atoms with Gasteiger partial charge in [0.1, 0.15) is 0 Å². The lowest BCUT2D eigenvalue weighted by Gasteiger charge is -2.13. The summed E-state index contributed by atoms with van der Waals surface area (Å²) in [7, 11) is 3.08. The molecule has 0 saturated carbocycles. The van der Waals surface area contributed by atoms with Gasteiger partial charge in [0.2, 0.25) is 0 Å². The Balaban J connectivity index is 2.57. The molecule has 0 aliphatic carbocycles. The molecule has 0 heterocycles. The molecule has 0 aliphatic rings. The lowest BCUT2D eigenvalue weighted by atomic mass is 10.1. The van der Waals surface area contributed by atoms with Crippen LogP contribution in [0.5, 0.6) is 11.5 Å². The highest BCUT2D eigenvalue weighted by Gasteiger charge is 2.11. The van der Waals surface area contributed by atoms with Gasteiger partial charge in [-0.2, -0.15) is 8.78 Å². The van der Waals surface area contributed by atoms with E-state index in [1.807, 2.05) is 13.0 Å². The molecule has 0 bridgehead atoms. The van der Waals surface area contributed by atoms with Crippen molar-refractivity contribution in [1.29, 1.82) is 0 Å². The molecule has 0 aliphatic heterocycles. The van der Waals surface area contributed by atoms with Crippen molar-refractivity contribution in [2.45, 2.75) is 26.4 Å². The maximum absolute atomic E-state index is 12.5. The van der Waals surface area contributed by atoms with Crippen molar-refractivity contribution < 1.29 is 23.0 Å². The minimum Gasteiger partial charge on any atom is -0.493 e. The number of rotatable bonds is 11. The van der Waals surface area contributed by atoms with E-state index in [2.05, 4.69) is 20.4 Å². The number of hydrogen-bond donors (Lipinski definition) is 2. The van der Waals surface area contributed by atoms with Gasteiger partial charge in [-0.15, -0.1) is 0 Å². The number of aliphatic imine (C=N–C) groups is 1. The Bertz CT molecular complexity index is 528. The molecule has 0 saturated heterocycles. The van der Waals surface area contributed by atoms with Gasteiger partial charge in [-0.25, -0.2) is 0 Å². The quantitative estimate of drug-likeness (QED) is 0.361. The molecular weight excluding hydrogens is 332 g/mol. The summed E-state index contributed by atoms with van der Waals surface area (Å²) >= 11 is 0. The molecule has 142 valence electrons. The summed E-state index contributed by atoms with van der Waals surface area (Å²) in [6.45, 7) is 1.80. The second-order valence-electron chi connectivity index (χ2n) is 5.15. The van der Waals surface area contributed by atoms with Crippen molar-refractivity contribution in [2.75, 3.05) is 40.5 Å². The first kappa shape index (κ1) is 21.0. The molecule has 1 aromatic carbocycles. The van der Waals surface area contributed by atoms with Crippen molar-refractivity contribution >= 4 is 5.96 Å². The summed E-state index contributed by atoms with van der Waals surface area (Å²) in [5, 5.41) is 6.37. The summed E-state index contributed by atoms with van der Waals surface area (Å²) in [6, 6.07) is 5.01. The third-order valence-electron chi connectivity index (χ3n) is 3.27. The summed E-state index contributed by atoms with van der Waals surface area (Å²) in [4.78, 5) is 4.44. The topological polar surface area (TPSA) is 64.1 Å². The van der Waals surface area contributed by atoms with Crippen LogP contribution in [0.2, 0.25) is 0 Å². The molecule has 2 N–H and O–H groups in total. The molecule has 8 heteroatoms. The van der Waals surface area contributed by atoms with Gasteiger partial charge in [-0.3, -0.25) is 4.99 Å². The van der Waals surface area contributed by atoms with Crippen LogP contribution in [0.4, 0.5) is 8.78 Å². The number of benzene rings is 1. The fourth-order valence-corrected chi connectivity index (χ4v) is 2.13. The zero-order chi connectivity index (χ0) is 18.5. The fraction of sp³-hybridized carbons (Fsp3) is 0.588. The zero-order valence-corrected chi connectivity index (χ0v) is 15.0. The third kappa shape index (κ3) is 8.53. The van der Waals surface area contributed by atoms with Crippen LogP contribution in [-0.2, 0) is 11.2 Å². The largest absolute Gasteiger partial charge is 0.493 e. The van der Waals surface area contributed by atoms with Crippen molar-refractivity contribution in [3.05, 3.63) is 23.8 Å². The highest BCUT2D eigenvalue weighted by Crippen LogP contribution is 2.29. The van der Waals surface area contributed by atoms with Crippen LogP contribution < -0.4 is 20.1 Å². The van der Waals surface area contributed by atoms with Gasteiger partial charge in [0.15, 0.2) is 17.5 Å². The highest BCUT2D eigenvalue weighted by atomic mass is 19.3. The Morgan fingerprint density at radius 1 is 1.20 bits per heavy atom. The summed E-state index contributed by atoms with van der Waals surface area (Å²) in [5.41, 5.74) is 0.860. The van der Waals surface area contributed by atoms with Gasteiger partial charge in [-0.05, 0) is 37.5 Å². The maximum Gasteiger partial charge on any atom is 0.387 e. The Kier molecular flexibility index (Phi) is 10.3. The monoisotopic (exact) mass is 359 g/mol. The Morgan fingerprint density at radius 2 is 2.00 bits per heavy atom. The lowest BCUT2D eigenvalue weighted by molar-refractivity contribution is -0.0512. The average molecular weight is 359 g/mol. The van der Waals surface area contributed by atoms with E-state index < -0.39 is 6.61 Å². The van der Waals surface area contributed by atoms with Gasteiger partial charge < -0.3 is 24.8 Å². The molecule has 0 unspecified atom stereocenters. The highest BCUT2D eigenvalue weighted by molar-refractivity contribution is 5.79. The van der Waals surface area contributed by atoms with Gasteiger partial charge in [0.05, 0.1) is 7.11 Å². The average Bonchev–Trinajstić information content (AvgIpc) is 2.58. The van der Waals surface area contributed by atoms with Crippen LogP contribution in [0.25, 0.3) is 0 Å². The van der Waals surface area contributed by atoms with Crippen molar-refractivity contribution in [2.24, 2.45) is 4.99 Å². The summed E-state index contributed by atoms with van der Waals surface area (Å²) < 4.78 is 39.4. The lowest BCUT2D eigenvalue weighted by Crippen LogP contribution is -2.38. The predicted molar refractivity (Wildman–Crippen MR) is 93.8 cm³/mol. The number of halogens is 2. The number of nitrogens with zero attached hydrogens (tertiary/aromatic N) is 1. The van der Waals surface area contributed by atoms with E-state index in [1.54, 1.807) is 19.2 Å². The number of nitrogens with one attached hydrogen (secondary N) is 2. The number of guanidine groups is 1. The van der Waals surface area contributed by atoms with Crippen molar-refractivity contribution in [1.82, 2.24) is 10.6 Å². The number of hydrogen-bond acceptors (Lipinski definition) is 4. The van der Waals surface area contributed by atoms with Gasteiger partial charge in [0.25, 0.3) is 0 Å².